The molecule has 0 saturated carbocycles. The van der Waals surface area contributed by atoms with Crippen molar-refractivity contribution < 1.29 is 13.6 Å². The van der Waals surface area contributed by atoms with Crippen molar-refractivity contribution in [3.8, 4) is 11.3 Å². The molecule has 0 aliphatic carbocycles. The van der Waals surface area contributed by atoms with Crippen molar-refractivity contribution in [2.45, 2.75) is 6.92 Å². The minimum Gasteiger partial charge on any atom is -0.291 e. The predicted molar refractivity (Wildman–Crippen MR) is 84.7 cm³/mol. The van der Waals surface area contributed by atoms with E-state index in [-0.39, 0.29) is 27.8 Å². The number of fused-ring (bicyclic) bond motifs is 1. The quantitative estimate of drug-likeness (QED) is 0.659. The average molecular weight is 355 g/mol. The van der Waals surface area contributed by atoms with E-state index in [4.69, 9.17) is 11.6 Å². The number of hydrogen-bond donors (Lipinski definition) is 0. The van der Waals surface area contributed by atoms with E-state index in [2.05, 4.69) is 15.0 Å². The standard InChI is InChI=1S/C14H9ClF2N4OS/c1-6(22)21(2)14-20-12-11(23-14)10(18-13(17)19-12)8-4-3-7(15)5-9(8)16/h3-5H,1-2H3. The zero-order valence-electron chi connectivity index (χ0n) is 12.0. The number of hydrogen-bond acceptors (Lipinski definition) is 5. The Labute approximate surface area is 138 Å². The highest BCUT2D eigenvalue weighted by Gasteiger charge is 2.20. The molecule has 0 unspecified atom stereocenters. The van der Waals surface area contributed by atoms with E-state index in [0.717, 1.165) is 17.4 Å². The first-order valence-corrected chi connectivity index (χ1v) is 7.60. The normalized spacial score (nSPS) is 11.0. The Morgan fingerprint density at radius 2 is 2.00 bits per heavy atom. The molecule has 0 spiro atoms. The van der Waals surface area contributed by atoms with Crippen molar-refractivity contribution in [1.29, 1.82) is 0 Å². The van der Waals surface area contributed by atoms with Crippen LogP contribution in [0.15, 0.2) is 18.2 Å². The summed E-state index contributed by atoms with van der Waals surface area (Å²) in [5, 5.41) is 0.543. The number of halogens is 3. The molecule has 0 saturated heterocycles. The maximum Gasteiger partial charge on any atom is 0.311 e. The number of aromatic nitrogens is 3. The fourth-order valence-electron chi connectivity index (χ4n) is 1.93. The number of rotatable bonds is 2. The van der Waals surface area contributed by atoms with Gasteiger partial charge in [0.15, 0.2) is 10.8 Å². The van der Waals surface area contributed by atoms with Crippen LogP contribution in [0.1, 0.15) is 6.92 Å². The summed E-state index contributed by atoms with van der Waals surface area (Å²) in [6.07, 6.45) is -1.02. The lowest BCUT2D eigenvalue weighted by Gasteiger charge is -2.08. The predicted octanol–water partition coefficient (Wildman–Crippen LogP) is 3.67. The number of amides is 1. The SMILES string of the molecule is CC(=O)N(C)c1nc2nc(F)nc(-c3ccc(Cl)cc3F)c2s1. The zero-order chi connectivity index (χ0) is 16.7. The molecule has 0 radical (unpaired) electrons. The fourth-order valence-corrected chi connectivity index (χ4v) is 3.10. The first-order valence-electron chi connectivity index (χ1n) is 6.40. The second-order valence-corrected chi connectivity index (χ2v) is 6.11. The van der Waals surface area contributed by atoms with Gasteiger partial charge in [-0.1, -0.05) is 22.9 Å². The van der Waals surface area contributed by atoms with Crippen molar-refractivity contribution in [2.75, 3.05) is 11.9 Å². The second-order valence-electron chi connectivity index (χ2n) is 4.69. The van der Waals surface area contributed by atoms with E-state index < -0.39 is 11.9 Å². The smallest absolute Gasteiger partial charge is 0.291 e. The summed E-state index contributed by atoms with van der Waals surface area (Å²) in [6.45, 7) is 1.37. The zero-order valence-corrected chi connectivity index (χ0v) is 13.5. The van der Waals surface area contributed by atoms with Crippen molar-refractivity contribution in [1.82, 2.24) is 15.0 Å². The van der Waals surface area contributed by atoms with Gasteiger partial charge >= 0.3 is 6.08 Å². The Morgan fingerprint density at radius 1 is 1.26 bits per heavy atom. The van der Waals surface area contributed by atoms with Crippen molar-refractivity contribution in [3.63, 3.8) is 0 Å². The molecule has 1 amide bonds. The molecule has 5 nitrogen and oxygen atoms in total. The molecule has 0 N–H and O–H groups in total. The van der Waals surface area contributed by atoms with Crippen LogP contribution in [0.2, 0.25) is 5.02 Å². The van der Waals surface area contributed by atoms with Crippen LogP contribution in [0.4, 0.5) is 13.9 Å². The van der Waals surface area contributed by atoms with Gasteiger partial charge in [-0.2, -0.15) is 14.4 Å². The largest absolute Gasteiger partial charge is 0.311 e. The number of nitrogens with zero attached hydrogens (tertiary/aromatic N) is 4. The summed E-state index contributed by atoms with van der Waals surface area (Å²) >= 11 is 6.81. The van der Waals surface area contributed by atoms with Crippen LogP contribution in [0, 0.1) is 11.9 Å². The molecule has 9 heteroatoms. The number of carbonyl (C=O) groups excluding carboxylic acids is 1. The van der Waals surface area contributed by atoms with Crippen molar-refractivity contribution >= 4 is 44.3 Å². The third-order valence-corrected chi connectivity index (χ3v) is 4.52. The van der Waals surface area contributed by atoms with Crippen LogP contribution < -0.4 is 4.90 Å². The molecule has 0 atom stereocenters. The summed E-state index contributed by atoms with van der Waals surface area (Å²) in [5.74, 6) is -0.872. The van der Waals surface area contributed by atoms with Crippen LogP contribution in [-0.2, 0) is 4.79 Å². The van der Waals surface area contributed by atoms with Gasteiger partial charge in [0.1, 0.15) is 10.5 Å². The molecule has 0 aliphatic heterocycles. The van der Waals surface area contributed by atoms with E-state index in [1.807, 2.05) is 0 Å². The molecular formula is C14H9ClF2N4OS. The summed E-state index contributed by atoms with van der Waals surface area (Å²) in [7, 11) is 1.53. The van der Waals surface area contributed by atoms with Gasteiger partial charge in [-0.25, -0.2) is 9.37 Å². The first kappa shape index (κ1) is 15.7. The third kappa shape index (κ3) is 2.87. The Bertz CT molecular complexity index is 931. The van der Waals surface area contributed by atoms with E-state index in [1.165, 1.54) is 31.0 Å². The molecule has 3 rings (SSSR count). The molecule has 2 heterocycles. The molecule has 0 fully saturated rings. The van der Waals surface area contributed by atoms with Gasteiger partial charge in [-0.15, -0.1) is 0 Å². The Hall–Kier alpha value is -2.19. The maximum absolute atomic E-state index is 14.1. The summed E-state index contributed by atoms with van der Waals surface area (Å²) in [6, 6.07) is 4.01. The lowest BCUT2D eigenvalue weighted by atomic mass is 10.1. The lowest BCUT2D eigenvalue weighted by molar-refractivity contribution is -0.116. The number of thiazole rings is 1. The molecule has 23 heavy (non-hydrogen) atoms. The summed E-state index contributed by atoms with van der Waals surface area (Å²) < 4.78 is 28.2. The highest BCUT2D eigenvalue weighted by molar-refractivity contribution is 7.22. The first-order chi connectivity index (χ1) is 10.9. The van der Waals surface area contributed by atoms with Gasteiger partial charge in [0.2, 0.25) is 5.91 Å². The van der Waals surface area contributed by atoms with Crippen molar-refractivity contribution in [3.05, 3.63) is 35.1 Å². The molecule has 3 aromatic rings. The molecule has 1 aromatic carbocycles. The lowest BCUT2D eigenvalue weighted by Crippen LogP contribution is -2.22. The van der Waals surface area contributed by atoms with Crippen LogP contribution in [0.3, 0.4) is 0 Å². The van der Waals surface area contributed by atoms with Crippen molar-refractivity contribution in [2.24, 2.45) is 0 Å². The second kappa shape index (κ2) is 5.78. The van der Waals surface area contributed by atoms with Crippen LogP contribution in [0.25, 0.3) is 21.6 Å². The third-order valence-electron chi connectivity index (χ3n) is 3.16. The van der Waals surface area contributed by atoms with Crippen LogP contribution >= 0.6 is 22.9 Å². The van der Waals surface area contributed by atoms with Gasteiger partial charge in [0.05, 0.1) is 5.69 Å². The topological polar surface area (TPSA) is 59.0 Å². The van der Waals surface area contributed by atoms with Gasteiger partial charge < -0.3 is 0 Å². The van der Waals surface area contributed by atoms with E-state index in [1.54, 1.807) is 0 Å². The minimum absolute atomic E-state index is 0.0648. The number of carbonyl (C=O) groups is 1. The average Bonchev–Trinajstić information content (AvgIpc) is 2.89. The Morgan fingerprint density at radius 3 is 2.65 bits per heavy atom. The fraction of sp³-hybridized carbons (Fsp3) is 0.143. The maximum atomic E-state index is 14.1. The molecule has 0 bridgehead atoms. The van der Waals surface area contributed by atoms with E-state index >= 15 is 0 Å². The molecule has 0 aliphatic rings. The monoisotopic (exact) mass is 354 g/mol. The van der Waals surface area contributed by atoms with Crippen LogP contribution in [-0.4, -0.2) is 27.9 Å². The Kier molecular flexibility index (Phi) is 3.95. The number of benzene rings is 1. The van der Waals surface area contributed by atoms with Crippen LogP contribution in [0.5, 0.6) is 0 Å². The van der Waals surface area contributed by atoms with Gasteiger partial charge in [-0.05, 0) is 18.2 Å². The summed E-state index contributed by atoms with van der Waals surface area (Å²) in [4.78, 5) is 24.1. The van der Waals surface area contributed by atoms with E-state index in [0.29, 0.717) is 9.83 Å². The van der Waals surface area contributed by atoms with Gasteiger partial charge in [0.25, 0.3) is 0 Å². The molecule has 2 aromatic heterocycles. The highest BCUT2D eigenvalue weighted by Crippen LogP contribution is 2.35. The van der Waals surface area contributed by atoms with Gasteiger partial charge in [0, 0.05) is 24.6 Å². The van der Waals surface area contributed by atoms with E-state index in [9.17, 15) is 13.6 Å². The summed E-state index contributed by atoms with van der Waals surface area (Å²) in [5.41, 5.74) is 0.221. The number of anilines is 1. The molecular weight excluding hydrogens is 346 g/mol. The minimum atomic E-state index is -1.02. The highest BCUT2D eigenvalue weighted by atomic mass is 35.5. The molecule has 118 valence electrons. The Balaban J connectivity index is 2.26. The van der Waals surface area contributed by atoms with Gasteiger partial charge in [-0.3, -0.25) is 9.69 Å².